The van der Waals surface area contributed by atoms with Crippen molar-refractivity contribution in [2.75, 3.05) is 19.8 Å². The van der Waals surface area contributed by atoms with E-state index in [1.165, 1.54) is 11.8 Å². The smallest absolute Gasteiger partial charge is 0.266 e. The Morgan fingerprint density at radius 3 is 2.50 bits per heavy atom. The number of thioether (sulfide) groups is 1. The van der Waals surface area contributed by atoms with Gasteiger partial charge in [0, 0.05) is 6.61 Å². The Labute approximate surface area is 169 Å². The van der Waals surface area contributed by atoms with E-state index in [-0.39, 0.29) is 11.7 Å². The van der Waals surface area contributed by atoms with Gasteiger partial charge >= 0.3 is 0 Å². The molecule has 5 nitrogen and oxygen atoms in total. The average molecular weight is 397 g/mol. The van der Waals surface area contributed by atoms with Gasteiger partial charge in [0.25, 0.3) is 5.91 Å². The zero-order valence-electron chi connectivity index (χ0n) is 16.3. The molecule has 1 heterocycles. The maximum Gasteiger partial charge on any atom is 0.266 e. The van der Waals surface area contributed by atoms with E-state index in [9.17, 15) is 9.90 Å². The number of phenolic OH excluding ortho intramolecular Hbond substituents is 1. The van der Waals surface area contributed by atoms with Gasteiger partial charge in [-0.1, -0.05) is 18.2 Å². The van der Waals surface area contributed by atoms with E-state index in [4.69, 9.17) is 4.74 Å². The number of aryl methyl sites for hydroxylation is 2. The molecule has 1 aliphatic rings. The number of para-hydroxylation sites is 1. The first-order valence-corrected chi connectivity index (χ1v) is 10.0. The lowest BCUT2D eigenvalue weighted by molar-refractivity contribution is -0.122. The number of phenols is 1. The third-order valence-electron chi connectivity index (χ3n) is 4.34. The summed E-state index contributed by atoms with van der Waals surface area (Å²) in [6, 6.07) is 13.3. The van der Waals surface area contributed by atoms with Gasteiger partial charge in [0.15, 0.2) is 5.17 Å². The van der Waals surface area contributed by atoms with Crippen molar-refractivity contribution in [1.82, 2.24) is 4.90 Å². The molecule has 6 heteroatoms. The SMILES string of the molecule is CCOCCN1C(=O)C(=Cc2cc(C)c(O)c(C)c2)SC1=Nc1ccccc1. The summed E-state index contributed by atoms with van der Waals surface area (Å²) in [6.07, 6.45) is 1.85. The van der Waals surface area contributed by atoms with Gasteiger partial charge in [-0.25, -0.2) is 4.99 Å². The maximum atomic E-state index is 13.0. The first-order chi connectivity index (χ1) is 13.5. The van der Waals surface area contributed by atoms with Crippen LogP contribution < -0.4 is 0 Å². The zero-order valence-corrected chi connectivity index (χ0v) is 17.1. The van der Waals surface area contributed by atoms with Crippen molar-refractivity contribution in [2.45, 2.75) is 20.8 Å². The minimum Gasteiger partial charge on any atom is -0.507 e. The topological polar surface area (TPSA) is 62.1 Å². The summed E-state index contributed by atoms with van der Waals surface area (Å²) < 4.78 is 5.44. The van der Waals surface area contributed by atoms with Crippen LogP contribution in [0.1, 0.15) is 23.6 Å². The third kappa shape index (κ3) is 4.64. The Hall–Kier alpha value is -2.57. The first-order valence-electron chi connectivity index (χ1n) is 9.22. The molecule has 2 aromatic rings. The van der Waals surface area contributed by atoms with Gasteiger partial charge in [-0.15, -0.1) is 0 Å². The monoisotopic (exact) mass is 396 g/mol. The van der Waals surface area contributed by atoms with Crippen LogP contribution in [0.5, 0.6) is 5.75 Å². The highest BCUT2D eigenvalue weighted by Crippen LogP contribution is 2.35. The number of aromatic hydroxyl groups is 1. The molecule has 0 bridgehead atoms. The molecule has 2 aromatic carbocycles. The van der Waals surface area contributed by atoms with Crippen molar-refractivity contribution in [1.29, 1.82) is 0 Å². The number of carbonyl (C=O) groups is 1. The van der Waals surface area contributed by atoms with Crippen molar-refractivity contribution in [3.63, 3.8) is 0 Å². The Morgan fingerprint density at radius 2 is 1.86 bits per heavy atom. The van der Waals surface area contributed by atoms with Crippen molar-refractivity contribution in [2.24, 2.45) is 4.99 Å². The number of carbonyl (C=O) groups excluding carboxylic acids is 1. The molecule has 1 aliphatic heterocycles. The Morgan fingerprint density at radius 1 is 1.18 bits per heavy atom. The van der Waals surface area contributed by atoms with Crippen molar-refractivity contribution in [3.8, 4) is 5.75 Å². The fraction of sp³-hybridized carbons (Fsp3) is 0.273. The second-order valence-electron chi connectivity index (χ2n) is 6.50. The van der Waals surface area contributed by atoms with E-state index in [1.807, 2.05) is 69.3 Å². The van der Waals surface area contributed by atoms with Crippen LogP contribution in [0.3, 0.4) is 0 Å². The fourth-order valence-corrected chi connectivity index (χ4v) is 3.95. The van der Waals surface area contributed by atoms with Gasteiger partial charge < -0.3 is 9.84 Å². The third-order valence-corrected chi connectivity index (χ3v) is 5.35. The molecule has 0 spiro atoms. The number of nitrogens with zero attached hydrogens (tertiary/aromatic N) is 2. The van der Waals surface area contributed by atoms with E-state index in [0.717, 1.165) is 22.4 Å². The predicted octanol–water partition coefficient (Wildman–Crippen LogP) is 4.65. The van der Waals surface area contributed by atoms with E-state index in [0.29, 0.717) is 29.8 Å². The summed E-state index contributed by atoms with van der Waals surface area (Å²) in [7, 11) is 0. The van der Waals surface area contributed by atoms with Crippen LogP contribution in [0.15, 0.2) is 52.4 Å². The molecule has 1 saturated heterocycles. The molecule has 146 valence electrons. The first kappa shape index (κ1) is 20.2. The molecule has 1 fully saturated rings. The predicted molar refractivity (Wildman–Crippen MR) is 115 cm³/mol. The minimum atomic E-state index is -0.0808. The molecule has 0 aromatic heterocycles. The Bertz CT molecular complexity index is 900. The van der Waals surface area contributed by atoms with E-state index in [2.05, 4.69) is 4.99 Å². The van der Waals surface area contributed by atoms with E-state index >= 15 is 0 Å². The van der Waals surface area contributed by atoms with Gasteiger partial charge in [-0.2, -0.15) is 0 Å². The maximum absolute atomic E-state index is 13.0. The summed E-state index contributed by atoms with van der Waals surface area (Å²) in [5.41, 5.74) is 3.26. The summed E-state index contributed by atoms with van der Waals surface area (Å²) in [5, 5.41) is 10.6. The molecule has 0 radical (unpaired) electrons. The highest BCUT2D eigenvalue weighted by molar-refractivity contribution is 8.18. The van der Waals surface area contributed by atoms with Crippen LogP contribution in [0.25, 0.3) is 6.08 Å². The van der Waals surface area contributed by atoms with E-state index < -0.39 is 0 Å². The normalized spacial score (nSPS) is 17.1. The van der Waals surface area contributed by atoms with Gasteiger partial charge in [0.05, 0.1) is 23.7 Å². The molecule has 0 saturated carbocycles. The molecule has 0 aliphatic carbocycles. The van der Waals surface area contributed by atoms with Gasteiger partial charge in [0.2, 0.25) is 0 Å². The van der Waals surface area contributed by atoms with Crippen molar-refractivity contribution < 1.29 is 14.6 Å². The lowest BCUT2D eigenvalue weighted by Gasteiger charge is -2.15. The van der Waals surface area contributed by atoms with Crippen LogP contribution in [0, 0.1) is 13.8 Å². The standard InChI is InChI=1S/C22H24N2O3S/c1-4-27-11-10-24-21(26)19(14-17-12-15(2)20(25)16(3)13-17)28-22(24)23-18-8-6-5-7-9-18/h5-9,12-14,25H,4,10-11H2,1-3H3. The van der Waals surface area contributed by atoms with Crippen molar-refractivity contribution in [3.05, 3.63) is 64.1 Å². The van der Waals surface area contributed by atoms with Gasteiger partial charge in [-0.3, -0.25) is 9.69 Å². The van der Waals surface area contributed by atoms with Gasteiger partial charge in [0.1, 0.15) is 5.75 Å². The van der Waals surface area contributed by atoms with Crippen molar-refractivity contribution >= 4 is 34.6 Å². The highest BCUT2D eigenvalue weighted by Gasteiger charge is 2.33. The molecule has 1 N–H and O–H groups in total. The number of aliphatic imine (C=N–C) groups is 1. The lowest BCUT2D eigenvalue weighted by Crippen LogP contribution is -2.32. The van der Waals surface area contributed by atoms with Crippen LogP contribution in [0.2, 0.25) is 0 Å². The number of hydrogen-bond donors (Lipinski definition) is 1. The molecular formula is C22H24N2O3S. The quantitative estimate of drug-likeness (QED) is 0.570. The van der Waals surface area contributed by atoms with Crippen LogP contribution in [-0.4, -0.2) is 40.8 Å². The Balaban J connectivity index is 1.93. The molecular weight excluding hydrogens is 372 g/mol. The van der Waals surface area contributed by atoms with Crippen LogP contribution in [0.4, 0.5) is 5.69 Å². The number of amides is 1. The summed E-state index contributed by atoms with van der Waals surface area (Å²) in [5.74, 6) is 0.208. The fourth-order valence-electron chi connectivity index (χ4n) is 2.93. The number of amidine groups is 1. The molecule has 28 heavy (non-hydrogen) atoms. The zero-order chi connectivity index (χ0) is 20.1. The summed E-state index contributed by atoms with van der Waals surface area (Å²) >= 11 is 1.36. The number of benzene rings is 2. The van der Waals surface area contributed by atoms with E-state index in [1.54, 1.807) is 4.90 Å². The van der Waals surface area contributed by atoms with Gasteiger partial charge in [-0.05, 0) is 79.6 Å². The lowest BCUT2D eigenvalue weighted by atomic mass is 10.1. The summed E-state index contributed by atoms with van der Waals surface area (Å²) in [6.45, 7) is 7.16. The molecule has 0 atom stereocenters. The van der Waals surface area contributed by atoms with Crippen LogP contribution >= 0.6 is 11.8 Å². The second-order valence-corrected chi connectivity index (χ2v) is 7.51. The average Bonchev–Trinajstić information content (AvgIpc) is 2.96. The minimum absolute atomic E-state index is 0.0808. The largest absolute Gasteiger partial charge is 0.507 e. The number of hydrogen-bond acceptors (Lipinski definition) is 5. The van der Waals surface area contributed by atoms with Crippen LogP contribution in [-0.2, 0) is 9.53 Å². The second kappa shape index (κ2) is 9.08. The summed E-state index contributed by atoms with van der Waals surface area (Å²) in [4.78, 5) is 19.9. The number of rotatable bonds is 6. The number of ether oxygens (including phenoxy) is 1. The molecule has 1 amide bonds. The molecule has 0 unspecified atom stereocenters. The Kier molecular flexibility index (Phi) is 6.54. The highest BCUT2D eigenvalue weighted by atomic mass is 32.2. The molecule has 3 rings (SSSR count).